The van der Waals surface area contributed by atoms with Crippen molar-refractivity contribution in [3.8, 4) is 5.75 Å². The Morgan fingerprint density at radius 3 is 2.86 bits per heavy atom. The third-order valence-corrected chi connectivity index (χ3v) is 2.83. The number of rotatable bonds is 7. The number of aromatic nitrogens is 2. The van der Waals surface area contributed by atoms with E-state index in [1.807, 2.05) is 6.92 Å². The second-order valence-corrected chi connectivity index (χ2v) is 4.69. The lowest BCUT2D eigenvalue weighted by atomic mass is 10.2. The summed E-state index contributed by atoms with van der Waals surface area (Å²) in [4.78, 5) is 20.5. The molecule has 0 spiro atoms. The number of hydrogen-bond donors (Lipinski definition) is 1. The molecular formula is C16H19N3O3. The first-order chi connectivity index (χ1) is 10.7. The van der Waals surface area contributed by atoms with Gasteiger partial charge in [-0.1, -0.05) is 6.07 Å². The minimum Gasteiger partial charge on any atom is -0.493 e. The number of anilines is 1. The van der Waals surface area contributed by atoms with E-state index >= 15 is 0 Å². The maximum absolute atomic E-state index is 12.2. The van der Waals surface area contributed by atoms with Crippen molar-refractivity contribution in [2.75, 3.05) is 25.6 Å². The fourth-order valence-electron chi connectivity index (χ4n) is 1.85. The maximum atomic E-state index is 12.2. The van der Waals surface area contributed by atoms with Gasteiger partial charge in [0.25, 0.3) is 5.91 Å². The molecule has 6 nitrogen and oxygen atoms in total. The SMILES string of the molecule is COCCCOc1cc(C)nc(C(=O)Nc2ccccn2)c1. The van der Waals surface area contributed by atoms with Crippen LogP contribution in [0.3, 0.4) is 0 Å². The Hall–Kier alpha value is -2.47. The Bertz CT molecular complexity index is 617. The summed E-state index contributed by atoms with van der Waals surface area (Å²) in [5.41, 5.74) is 1.02. The van der Waals surface area contributed by atoms with Crippen LogP contribution < -0.4 is 10.1 Å². The van der Waals surface area contributed by atoms with Gasteiger partial charge in [-0.3, -0.25) is 4.79 Å². The van der Waals surface area contributed by atoms with Crippen molar-refractivity contribution in [1.29, 1.82) is 0 Å². The average Bonchev–Trinajstić information content (AvgIpc) is 2.52. The summed E-state index contributed by atoms with van der Waals surface area (Å²) in [7, 11) is 1.65. The number of methoxy groups -OCH3 is 1. The number of carbonyl (C=O) groups excluding carboxylic acids is 1. The molecule has 0 bridgehead atoms. The van der Waals surface area contributed by atoms with Crippen LogP contribution in [0.1, 0.15) is 22.6 Å². The van der Waals surface area contributed by atoms with Gasteiger partial charge in [-0.2, -0.15) is 0 Å². The van der Waals surface area contributed by atoms with Crippen LogP contribution in [0.15, 0.2) is 36.5 Å². The molecule has 0 unspecified atom stereocenters. The molecule has 0 aliphatic heterocycles. The topological polar surface area (TPSA) is 73.3 Å². The van der Waals surface area contributed by atoms with Crippen molar-refractivity contribution in [3.05, 3.63) is 47.9 Å². The highest BCUT2D eigenvalue weighted by Gasteiger charge is 2.11. The molecular weight excluding hydrogens is 282 g/mol. The zero-order chi connectivity index (χ0) is 15.8. The van der Waals surface area contributed by atoms with Crippen LogP contribution >= 0.6 is 0 Å². The Balaban J connectivity index is 2.03. The van der Waals surface area contributed by atoms with Gasteiger partial charge in [-0.25, -0.2) is 9.97 Å². The lowest BCUT2D eigenvalue weighted by Crippen LogP contribution is -2.15. The second kappa shape index (κ2) is 8.09. The van der Waals surface area contributed by atoms with E-state index in [0.29, 0.717) is 30.5 Å². The van der Waals surface area contributed by atoms with Gasteiger partial charge in [0.1, 0.15) is 17.3 Å². The van der Waals surface area contributed by atoms with Crippen molar-refractivity contribution in [2.45, 2.75) is 13.3 Å². The van der Waals surface area contributed by atoms with Crippen molar-refractivity contribution in [2.24, 2.45) is 0 Å². The number of pyridine rings is 2. The Labute approximate surface area is 129 Å². The van der Waals surface area contributed by atoms with Crippen LogP contribution in [0.4, 0.5) is 5.82 Å². The molecule has 0 aliphatic carbocycles. The third-order valence-electron chi connectivity index (χ3n) is 2.83. The summed E-state index contributed by atoms with van der Waals surface area (Å²) in [5, 5.41) is 2.70. The van der Waals surface area contributed by atoms with Crippen molar-refractivity contribution in [3.63, 3.8) is 0 Å². The standard InChI is InChI=1S/C16H19N3O3/c1-12-10-13(22-9-5-8-21-2)11-14(18-12)16(20)19-15-6-3-4-7-17-15/h3-4,6-7,10-11H,5,8-9H2,1-2H3,(H,17,19,20). The molecule has 116 valence electrons. The van der Waals surface area contributed by atoms with Gasteiger partial charge in [0, 0.05) is 44.2 Å². The lowest BCUT2D eigenvalue weighted by Gasteiger charge is -2.09. The summed E-state index contributed by atoms with van der Waals surface area (Å²) in [6.45, 7) is 2.98. The van der Waals surface area contributed by atoms with Crippen LogP contribution in [0.5, 0.6) is 5.75 Å². The molecule has 6 heteroatoms. The number of hydrogen-bond acceptors (Lipinski definition) is 5. The van der Waals surface area contributed by atoms with Gasteiger partial charge >= 0.3 is 0 Å². The molecule has 22 heavy (non-hydrogen) atoms. The first-order valence-corrected chi connectivity index (χ1v) is 7.02. The Kier molecular flexibility index (Phi) is 5.85. The smallest absolute Gasteiger partial charge is 0.275 e. The number of carbonyl (C=O) groups is 1. The first-order valence-electron chi connectivity index (χ1n) is 7.02. The van der Waals surface area contributed by atoms with Crippen LogP contribution in [0, 0.1) is 6.92 Å². The molecule has 0 aliphatic rings. The van der Waals surface area contributed by atoms with E-state index in [1.165, 1.54) is 0 Å². The second-order valence-electron chi connectivity index (χ2n) is 4.69. The van der Waals surface area contributed by atoms with Gasteiger partial charge in [0.15, 0.2) is 0 Å². The van der Waals surface area contributed by atoms with Crippen LogP contribution in [-0.4, -0.2) is 36.2 Å². The molecule has 2 rings (SSSR count). The van der Waals surface area contributed by atoms with Crippen LogP contribution in [0.25, 0.3) is 0 Å². The number of amides is 1. The van der Waals surface area contributed by atoms with Crippen molar-refractivity contribution >= 4 is 11.7 Å². The lowest BCUT2D eigenvalue weighted by molar-refractivity contribution is 0.102. The highest BCUT2D eigenvalue weighted by molar-refractivity contribution is 6.02. The molecule has 2 heterocycles. The zero-order valence-electron chi connectivity index (χ0n) is 12.7. The predicted octanol–water partition coefficient (Wildman–Crippen LogP) is 2.45. The first kappa shape index (κ1) is 15.9. The van der Waals surface area contributed by atoms with Crippen molar-refractivity contribution < 1.29 is 14.3 Å². The van der Waals surface area contributed by atoms with E-state index in [9.17, 15) is 4.79 Å². The summed E-state index contributed by atoms with van der Waals surface area (Å²) < 4.78 is 10.6. The third kappa shape index (κ3) is 4.82. The molecule has 0 saturated carbocycles. The van der Waals surface area contributed by atoms with Crippen LogP contribution in [-0.2, 0) is 4.74 Å². The molecule has 0 radical (unpaired) electrons. The molecule has 0 atom stereocenters. The molecule has 2 aromatic rings. The highest BCUT2D eigenvalue weighted by Crippen LogP contribution is 2.15. The summed E-state index contributed by atoms with van der Waals surface area (Å²) in [5.74, 6) is 0.789. The number of aryl methyl sites for hydroxylation is 1. The normalized spacial score (nSPS) is 10.3. The largest absolute Gasteiger partial charge is 0.493 e. The quantitative estimate of drug-likeness (QED) is 0.795. The Morgan fingerprint density at radius 1 is 1.27 bits per heavy atom. The maximum Gasteiger partial charge on any atom is 0.275 e. The van der Waals surface area contributed by atoms with Gasteiger partial charge < -0.3 is 14.8 Å². The molecule has 1 N–H and O–H groups in total. The fraction of sp³-hybridized carbons (Fsp3) is 0.312. The number of ether oxygens (including phenoxy) is 2. The van der Waals surface area contributed by atoms with Gasteiger partial charge in [-0.15, -0.1) is 0 Å². The zero-order valence-corrected chi connectivity index (χ0v) is 12.7. The highest BCUT2D eigenvalue weighted by atomic mass is 16.5. The molecule has 2 aromatic heterocycles. The minimum absolute atomic E-state index is 0.299. The molecule has 0 saturated heterocycles. The summed E-state index contributed by atoms with van der Waals surface area (Å²) in [6, 6.07) is 8.72. The number of nitrogens with one attached hydrogen (secondary N) is 1. The fourth-order valence-corrected chi connectivity index (χ4v) is 1.85. The molecule has 1 amide bonds. The monoisotopic (exact) mass is 301 g/mol. The van der Waals surface area contributed by atoms with Crippen molar-refractivity contribution in [1.82, 2.24) is 9.97 Å². The average molecular weight is 301 g/mol. The number of nitrogens with zero attached hydrogens (tertiary/aromatic N) is 2. The molecule has 0 fully saturated rings. The van der Waals surface area contributed by atoms with E-state index in [0.717, 1.165) is 12.1 Å². The van der Waals surface area contributed by atoms with Crippen LogP contribution in [0.2, 0.25) is 0 Å². The van der Waals surface area contributed by atoms with Gasteiger partial charge in [-0.05, 0) is 19.1 Å². The van der Waals surface area contributed by atoms with Gasteiger partial charge in [0.05, 0.1) is 6.61 Å². The van der Waals surface area contributed by atoms with E-state index in [4.69, 9.17) is 9.47 Å². The van der Waals surface area contributed by atoms with E-state index < -0.39 is 0 Å². The summed E-state index contributed by atoms with van der Waals surface area (Å²) >= 11 is 0. The Morgan fingerprint density at radius 2 is 2.14 bits per heavy atom. The minimum atomic E-state index is -0.316. The predicted molar refractivity (Wildman–Crippen MR) is 83.2 cm³/mol. The van der Waals surface area contributed by atoms with E-state index in [2.05, 4.69) is 15.3 Å². The van der Waals surface area contributed by atoms with E-state index in [-0.39, 0.29) is 5.91 Å². The molecule has 0 aromatic carbocycles. The van der Waals surface area contributed by atoms with Gasteiger partial charge in [0.2, 0.25) is 0 Å². The van der Waals surface area contributed by atoms with E-state index in [1.54, 1.807) is 43.6 Å². The summed E-state index contributed by atoms with van der Waals surface area (Å²) in [6.07, 6.45) is 2.40.